The van der Waals surface area contributed by atoms with Gasteiger partial charge >= 0.3 is 0 Å². The van der Waals surface area contributed by atoms with Crippen LogP contribution in [0.4, 0.5) is 0 Å². The van der Waals surface area contributed by atoms with Gasteiger partial charge in [0.15, 0.2) is 5.96 Å². The van der Waals surface area contributed by atoms with Gasteiger partial charge in [0.05, 0.1) is 12.4 Å². The van der Waals surface area contributed by atoms with Gasteiger partial charge in [-0.25, -0.2) is 4.98 Å². The molecule has 0 fully saturated rings. The van der Waals surface area contributed by atoms with Gasteiger partial charge in [-0.1, -0.05) is 0 Å². The highest BCUT2D eigenvalue weighted by Crippen LogP contribution is 2.13. The molecule has 2 amide bonds. The van der Waals surface area contributed by atoms with Crippen LogP contribution in [0.3, 0.4) is 0 Å². The summed E-state index contributed by atoms with van der Waals surface area (Å²) in [5.74, 6) is -0.877. The Morgan fingerprint density at radius 1 is 1.18 bits per heavy atom. The minimum atomic E-state index is -0.771. The van der Waals surface area contributed by atoms with Crippen molar-refractivity contribution in [2.45, 2.75) is 50.6 Å². The SMILES string of the molecule is NCCCC[C@@H](C(N)=O)N(CCc1cnc[nH]1)C(=O)[C@@H](N)CCCN=C(N)N. The molecule has 1 rings (SSSR count). The summed E-state index contributed by atoms with van der Waals surface area (Å²) in [5.41, 5.74) is 28.6. The maximum atomic E-state index is 13.0. The fraction of sp³-hybridized carbons (Fsp3) is 0.647. The first-order valence-corrected chi connectivity index (χ1v) is 9.44. The number of imidazole rings is 1. The highest BCUT2D eigenvalue weighted by Gasteiger charge is 2.30. The summed E-state index contributed by atoms with van der Waals surface area (Å²) >= 11 is 0. The standard InChI is InChI=1S/C17H33N9O2/c18-7-2-1-5-14(15(20)27)26(9-6-12-10-23-11-25-12)16(28)13(19)4-3-8-24-17(21)22/h10-11,13-14H,1-9,18-19H2,(H2,20,27)(H,23,25)(H4,21,22,24)/t13-,14-/m0/s1. The molecule has 0 aliphatic rings. The molecule has 11 nitrogen and oxygen atoms in total. The van der Waals surface area contributed by atoms with Crippen LogP contribution >= 0.6 is 0 Å². The predicted octanol–water partition coefficient (Wildman–Crippen LogP) is -1.86. The minimum Gasteiger partial charge on any atom is -0.370 e. The van der Waals surface area contributed by atoms with Gasteiger partial charge in [-0.3, -0.25) is 14.6 Å². The van der Waals surface area contributed by atoms with Crippen LogP contribution in [0.2, 0.25) is 0 Å². The van der Waals surface area contributed by atoms with Crippen LogP contribution in [-0.2, 0) is 16.0 Å². The molecular weight excluding hydrogens is 362 g/mol. The zero-order chi connectivity index (χ0) is 20.9. The van der Waals surface area contributed by atoms with E-state index < -0.39 is 18.0 Å². The van der Waals surface area contributed by atoms with Crippen LogP contribution in [0.15, 0.2) is 17.5 Å². The first-order valence-electron chi connectivity index (χ1n) is 9.44. The lowest BCUT2D eigenvalue weighted by molar-refractivity contribution is -0.140. The molecule has 0 radical (unpaired) electrons. The van der Waals surface area contributed by atoms with Crippen molar-refractivity contribution >= 4 is 17.8 Å². The van der Waals surface area contributed by atoms with Gasteiger partial charge in [0, 0.05) is 31.4 Å². The molecule has 1 aromatic rings. The Morgan fingerprint density at radius 2 is 1.93 bits per heavy atom. The molecule has 0 saturated heterocycles. The molecule has 0 saturated carbocycles. The van der Waals surface area contributed by atoms with Crippen LogP contribution in [0.25, 0.3) is 0 Å². The molecule has 0 aliphatic heterocycles. The highest BCUT2D eigenvalue weighted by molar-refractivity contribution is 5.89. The third kappa shape index (κ3) is 8.35. The quantitative estimate of drug-likeness (QED) is 0.120. The molecule has 158 valence electrons. The second kappa shape index (κ2) is 12.7. The number of nitrogens with zero attached hydrogens (tertiary/aromatic N) is 3. The van der Waals surface area contributed by atoms with Gasteiger partial charge in [0.1, 0.15) is 6.04 Å². The summed E-state index contributed by atoms with van der Waals surface area (Å²) in [5, 5.41) is 0. The molecule has 11 heteroatoms. The van der Waals surface area contributed by atoms with Crippen LogP contribution in [0.1, 0.15) is 37.8 Å². The van der Waals surface area contributed by atoms with E-state index in [4.69, 9.17) is 28.7 Å². The number of guanidine groups is 1. The number of nitrogens with one attached hydrogen (secondary N) is 1. The Morgan fingerprint density at radius 3 is 2.50 bits per heavy atom. The van der Waals surface area contributed by atoms with Crippen molar-refractivity contribution in [3.05, 3.63) is 18.2 Å². The monoisotopic (exact) mass is 395 g/mol. The van der Waals surface area contributed by atoms with Gasteiger partial charge < -0.3 is 38.6 Å². The van der Waals surface area contributed by atoms with E-state index in [1.165, 1.54) is 4.90 Å². The first-order chi connectivity index (χ1) is 13.4. The largest absolute Gasteiger partial charge is 0.370 e. The number of hydrogen-bond acceptors (Lipinski definition) is 6. The number of unbranched alkanes of at least 4 members (excludes halogenated alkanes) is 1. The van der Waals surface area contributed by atoms with Crippen molar-refractivity contribution in [1.82, 2.24) is 14.9 Å². The Hall–Kier alpha value is -2.66. The molecule has 0 bridgehead atoms. The van der Waals surface area contributed by atoms with Crippen molar-refractivity contribution in [3.63, 3.8) is 0 Å². The smallest absolute Gasteiger partial charge is 0.240 e. The van der Waals surface area contributed by atoms with E-state index in [2.05, 4.69) is 15.0 Å². The predicted molar refractivity (Wildman–Crippen MR) is 108 cm³/mol. The number of carbonyl (C=O) groups is 2. The van der Waals surface area contributed by atoms with E-state index in [0.29, 0.717) is 51.7 Å². The number of aromatic nitrogens is 2. The minimum absolute atomic E-state index is 0.00484. The summed E-state index contributed by atoms with van der Waals surface area (Å²) in [6.45, 7) is 1.20. The van der Waals surface area contributed by atoms with Crippen molar-refractivity contribution < 1.29 is 9.59 Å². The molecule has 0 spiro atoms. The van der Waals surface area contributed by atoms with Crippen LogP contribution < -0.4 is 28.7 Å². The number of H-pyrrole nitrogens is 1. The molecule has 0 aromatic carbocycles. The Balaban J connectivity index is 2.81. The van der Waals surface area contributed by atoms with Crippen molar-refractivity contribution in [1.29, 1.82) is 0 Å². The first kappa shape index (κ1) is 23.4. The number of amides is 2. The lowest BCUT2D eigenvalue weighted by Crippen LogP contribution is -2.54. The molecule has 2 atom stereocenters. The summed E-state index contributed by atoms with van der Waals surface area (Å²) in [4.78, 5) is 37.3. The van der Waals surface area contributed by atoms with E-state index in [-0.39, 0.29) is 11.9 Å². The fourth-order valence-electron chi connectivity index (χ4n) is 2.87. The van der Waals surface area contributed by atoms with E-state index in [1.807, 2.05) is 0 Å². The maximum absolute atomic E-state index is 13.0. The molecule has 0 unspecified atom stereocenters. The molecular formula is C17H33N9O2. The molecule has 0 aliphatic carbocycles. The van der Waals surface area contributed by atoms with E-state index >= 15 is 0 Å². The lowest BCUT2D eigenvalue weighted by atomic mass is 10.0. The van der Waals surface area contributed by atoms with Crippen molar-refractivity contribution in [3.8, 4) is 0 Å². The van der Waals surface area contributed by atoms with E-state index in [0.717, 1.165) is 12.1 Å². The van der Waals surface area contributed by atoms with Gasteiger partial charge in [-0.05, 0) is 38.6 Å². The zero-order valence-electron chi connectivity index (χ0n) is 16.2. The van der Waals surface area contributed by atoms with Crippen LogP contribution in [0, 0.1) is 0 Å². The van der Waals surface area contributed by atoms with Gasteiger partial charge in [-0.2, -0.15) is 0 Å². The molecule has 1 heterocycles. The number of aromatic amines is 1. The second-order valence-electron chi connectivity index (χ2n) is 6.62. The number of aliphatic imine (C=N–C) groups is 1. The lowest BCUT2D eigenvalue weighted by Gasteiger charge is -2.32. The third-order valence-electron chi connectivity index (χ3n) is 4.38. The second-order valence-corrected chi connectivity index (χ2v) is 6.62. The fourth-order valence-corrected chi connectivity index (χ4v) is 2.87. The van der Waals surface area contributed by atoms with Gasteiger partial charge in [-0.15, -0.1) is 0 Å². The average molecular weight is 396 g/mol. The summed E-state index contributed by atoms with van der Waals surface area (Å²) in [7, 11) is 0. The number of rotatable bonds is 14. The van der Waals surface area contributed by atoms with Crippen LogP contribution in [-0.4, -0.2) is 64.4 Å². The number of nitrogens with two attached hydrogens (primary N) is 5. The van der Waals surface area contributed by atoms with Crippen molar-refractivity contribution in [2.75, 3.05) is 19.6 Å². The average Bonchev–Trinajstić information content (AvgIpc) is 3.16. The summed E-state index contributed by atoms with van der Waals surface area (Å²) in [6.07, 6.45) is 6.57. The third-order valence-corrected chi connectivity index (χ3v) is 4.38. The Labute approximate surface area is 165 Å². The van der Waals surface area contributed by atoms with E-state index in [1.54, 1.807) is 12.5 Å². The zero-order valence-corrected chi connectivity index (χ0v) is 16.2. The number of carbonyl (C=O) groups excluding carboxylic acids is 2. The van der Waals surface area contributed by atoms with Gasteiger partial charge in [0.25, 0.3) is 0 Å². The number of hydrogen-bond donors (Lipinski definition) is 6. The number of primary amides is 1. The molecule has 28 heavy (non-hydrogen) atoms. The molecule has 1 aromatic heterocycles. The van der Waals surface area contributed by atoms with Crippen molar-refractivity contribution in [2.24, 2.45) is 33.7 Å². The summed E-state index contributed by atoms with van der Waals surface area (Å²) in [6, 6.07) is -1.50. The summed E-state index contributed by atoms with van der Waals surface area (Å²) < 4.78 is 0. The highest BCUT2D eigenvalue weighted by atomic mass is 16.2. The normalized spacial score (nSPS) is 12.9. The Kier molecular flexibility index (Phi) is 10.6. The van der Waals surface area contributed by atoms with Gasteiger partial charge in [0.2, 0.25) is 11.8 Å². The Bertz CT molecular complexity index is 614. The van der Waals surface area contributed by atoms with Crippen LogP contribution in [0.5, 0.6) is 0 Å². The topological polar surface area (TPSA) is 209 Å². The maximum Gasteiger partial charge on any atom is 0.240 e. The van der Waals surface area contributed by atoms with E-state index in [9.17, 15) is 9.59 Å². The molecule has 11 N–H and O–H groups in total.